The van der Waals surface area contributed by atoms with Gasteiger partial charge in [0.25, 0.3) is 0 Å². The third-order valence-corrected chi connectivity index (χ3v) is 4.58. The number of benzene rings is 1. The molecule has 0 spiro atoms. The predicted molar refractivity (Wildman–Crippen MR) is 121 cm³/mol. The Bertz CT molecular complexity index is 715. The lowest BCUT2D eigenvalue weighted by atomic mass is 10.2. The second-order valence-electron chi connectivity index (χ2n) is 6.65. The average Bonchev–Trinajstić information content (AvgIpc) is 3.21. The van der Waals surface area contributed by atoms with Crippen molar-refractivity contribution in [2.75, 3.05) is 39.8 Å². The highest BCUT2D eigenvalue weighted by molar-refractivity contribution is 14.0. The first-order chi connectivity index (χ1) is 13.3. The van der Waals surface area contributed by atoms with Gasteiger partial charge < -0.3 is 19.5 Å². The average molecular weight is 499 g/mol. The Morgan fingerprint density at radius 2 is 2.07 bits per heavy atom. The molecule has 28 heavy (non-hydrogen) atoms. The van der Waals surface area contributed by atoms with E-state index in [0.717, 1.165) is 69.7 Å². The van der Waals surface area contributed by atoms with Gasteiger partial charge in [0.15, 0.2) is 5.96 Å². The molecular formula is C20H30IN5O2. The maximum Gasteiger partial charge on any atom is 0.194 e. The Hall–Kier alpha value is -1.81. The highest BCUT2D eigenvalue weighted by Gasteiger charge is 2.20. The van der Waals surface area contributed by atoms with Crippen LogP contribution in [0.5, 0.6) is 5.75 Å². The summed E-state index contributed by atoms with van der Waals surface area (Å²) in [7, 11) is 1.84. The number of aliphatic imine (C=N–C) groups is 1. The van der Waals surface area contributed by atoms with Gasteiger partial charge in [0, 0.05) is 52.4 Å². The van der Waals surface area contributed by atoms with Crippen LogP contribution in [0.3, 0.4) is 0 Å². The van der Waals surface area contributed by atoms with E-state index in [2.05, 4.69) is 44.3 Å². The molecule has 0 radical (unpaired) electrons. The van der Waals surface area contributed by atoms with Gasteiger partial charge in [0.2, 0.25) is 0 Å². The zero-order valence-corrected chi connectivity index (χ0v) is 19.0. The number of piperazine rings is 1. The van der Waals surface area contributed by atoms with Gasteiger partial charge in [-0.3, -0.25) is 9.89 Å². The number of hydrogen-bond donors (Lipinski definition) is 1. The van der Waals surface area contributed by atoms with Gasteiger partial charge in [-0.25, -0.2) is 0 Å². The van der Waals surface area contributed by atoms with Crippen LogP contribution >= 0.6 is 24.0 Å². The summed E-state index contributed by atoms with van der Waals surface area (Å²) in [5, 5.41) is 7.47. The molecule has 0 atom stereocenters. The number of guanidine groups is 1. The second kappa shape index (κ2) is 11.9. The van der Waals surface area contributed by atoms with E-state index in [1.807, 2.05) is 25.2 Å². The normalized spacial score (nSPS) is 15.2. The summed E-state index contributed by atoms with van der Waals surface area (Å²) in [6, 6.07) is 10.2. The van der Waals surface area contributed by atoms with E-state index in [-0.39, 0.29) is 24.0 Å². The molecule has 7 nitrogen and oxygen atoms in total. The summed E-state index contributed by atoms with van der Waals surface area (Å²) < 4.78 is 10.6. The molecule has 1 aliphatic heterocycles. The van der Waals surface area contributed by atoms with E-state index in [4.69, 9.17) is 9.26 Å². The van der Waals surface area contributed by atoms with Crippen LogP contribution in [0, 0.1) is 0 Å². The summed E-state index contributed by atoms with van der Waals surface area (Å²) >= 11 is 0. The molecule has 1 aromatic carbocycles. The SMILES string of the molecule is CCCOc1cccc(CNC(=NC)N2CCN(Cc3ccon3)CC2)c1.I. The lowest BCUT2D eigenvalue weighted by Gasteiger charge is -2.36. The fraction of sp³-hybridized carbons (Fsp3) is 0.500. The minimum Gasteiger partial charge on any atom is -0.494 e. The Kier molecular flexibility index (Phi) is 9.56. The van der Waals surface area contributed by atoms with Gasteiger partial charge in [0.05, 0.1) is 12.3 Å². The maximum absolute atomic E-state index is 5.71. The molecular weight excluding hydrogens is 469 g/mol. The van der Waals surface area contributed by atoms with E-state index in [1.54, 1.807) is 6.26 Å². The molecule has 1 fully saturated rings. The van der Waals surface area contributed by atoms with Crippen molar-refractivity contribution in [2.24, 2.45) is 4.99 Å². The Balaban J connectivity index is 0.00000280. The summed E-state index contributed by atoms with van der Waals surface area (Å²) in [6.45, 7) is 8.27. The number of nitrogens with zero attached hydrogens (tertiary/aromatic N) is 4. The first kappa shape index (κ1) is 22.5. The van der Waals surface area contributed by atoms with Crippen LogP contribution in [0.25, 0.3) is 0 Å². The van der Waals surface area contributed by atoms with Crippen LogP contribution in [-0.2, 0) is 13.1 Å². The fourth-order valence-corrected chi connectivity index (χ4v) is 3.14. The molecule has 8 heteroatoms. The first-order valence-corrected chi connectivity index (χ1v) is 9.57. The lowest BCUT2D eigenvalue weighted by Crippen LogP contribution is -2.52. The highest BCUT2D eigenvalue weighted by Crippen LogP contribution is 2.14. The summed E-state index contributed by atoms with van der Waals surface area (Å²) in [4.78, 5) is 9.14. The zero-order chi connectivity index (χ0) is 18.9. The molecule has 0 bridgehead atoms. The number of rotatable bonds is 7. The summed E-state index contributed by atoms with van der Waals surface area (Å²) in [6.07, 6.45) is 2.64. The Labute approximate surface area is 184 Å². The number of ether oxygens (including phenoxy) is 1. The van der Waals surface area contributed by atoms with E-state index >= 15 is 0 Å². The standard InChI is InChI=1S/C20H29N5O2.HI/c1-3-12-26-19-6-4-5-17(14-19)15-22-20(21-2)25-10-8-24(9-11-25)16-18-7-13-27-23-18;/h4-7,13-14H,3,8-12,15-16H2,1-2H3,(H,21,22);1H. The van der Waals surface area contributed by atoms with Gasteiger partial charge in [-0.05, 0) is 24.1 Å². The number of halogens is 1. The molecule has 0 amide bonds. The molecule has 3 rings (SSSR count). The molecule has 2 heterocycles. The van der Waals surface area contributed by atoms with Crippen molar-refractivity contribution in [3.8, 4) is 5.75 Å². The van der Waals surface area contributed by atoms with Gasteiger partial charge >= 0.3 is 0 Å². The van der Waals surface area contributed by atoms with Crippen LogP contribution in [0.15, 0.2) is 46.1 Å². The number of nitrogens with one attached hydrogen (secondary N) is 1. The van der Waals surface area contributed by atoms with Crippen LogP contribution in [-0.4, -0.2) is 60.7 Å². The van der Waals surface area contributed by atoms with Crippen molar-refractivity contribution in [1.29, 1.82) is 0 Å². The van der Waals surface area contributed by atoms with Gasteiger partial charge in [-0.1, -0.05) is 24.2 Å². The van der Waals surface area contributed by atoms with Crippen molar-refractivity contribution in [3.05, 3.63) is 47.9 Å². The lowest BCUT2D eigenvalue weighted by molar-refractivity contribution is 0.169. The van der Waals surface area contributed by atoms with Crippen molar-refractivity contribution < 1.29 is 9.26 Å². The Morgan fingerprint density at radius 1 is 1.25 bits per heavy atom. The predicted octanol–water partition coefficient (Wildman–Crippen LogP) is 2.97. The van der Waals surface area contributed by atoms with E-state index in [0.29, 0.717) is 0 Å². The molecule has 1 aromatic heterocycles. The van der Waals surface area contributed by atoms with Crippen molar-refractivity contribution in [3.63, 3.8) is 0 Å². The molecule has 0 aliphatic carbocycles. The molecule has 154 valence electrons. The van der Waals surface area contributed by atoms with E-state index in [1.165, 1.54) is 5.56 Å². The zero-order valence-electron chi connectivity index (χ0n) is 16.6. The first-order valence-electron chi connectivity index (χ1n) is 9.57. The molecule has 0 saturated carbocycles. The van der Waals surface area contributed by atoms with Crippen LogP contribution < -0.4 is 10.1 Å². The van der Waals surface area contributed by atoms with Gasteiger partial charge in [-0.2, -0.15) is 0 Å². The third kappa shape index (κ3) is 6.66. The highest BCUT2D eigenvalue weighted by atomic mass is 127. The summed E-state index contributed by atoms with van der Waals surface area (Å²) in [5.41, 5.74) is 2.17. The smallest absolute Gasteiger partial charge is 0.194 e. The number of hydrogen-bond acceptors (Lipinski definition) is 5. The maximum atomic E-state index is 5.71. The summed E-state index contributed by atoms with van der Waals surface area (Å²) in [5.74, 6) is 1.86. The monoisotopic (exact) mass is 499 g/mol. The Morgan fingerprint density at radius 3 is 2.75 bits per heavy atom. The fourth-order valence-electron chi connectivity index (χ4n) is 3.14. The minimum atomic E-state index is 0. The van der Waals surface area contributed by atoms with E-state index in [9.17, 15) is 0 Å². The van der Waals surface area contributed by atoms with Gasteiger partial charge in [-0.15, -0.1) is 24.0 Å². The van der Waals surface area contributed by atoms with Crippen LogP contribution in [0.4, 0.5) is 0 Å². The van der Waals surface area contributed by atoms with Crippen LogP contribution in [0.2, 0.25) is 0 Å². The molecule has 1 saturated heterocycles. The molecule has 1 N–H and O–H groups in total. The van der Waals surface area contributed by atoms with Crippen molar-refractivity contribution in [1.82, 2.24) is 20.3 Å². The second-order valence-corrected chi connectivity index (χ2v) is 6.65. The van der Waals surface area contributed by atoms with E-state index < -0.39 is 0 Å². The number of aromatic nitrogens is 1. The topological polar surface area (TPSA) is 66.1 Å². The van der Waals surface area contributed by atoms with Crippen LogP contribution in [0.1, 0.15) is 24.6 Å². The minimum absolute atomic E-state index is 0. The molecule has 0 unspecified atom stereocenters. The van der Waals surface area contributed by atoms with Crippen molar-refractivity contribution in [2.45, 2.75) is 26.4 Å². The molecule has 2 aromatic rings. The third-order valence-electron chi connectivity index (χ3n) is 4.58. The quantitative estimate of drug-likeness (QED) is 0.359. The molecule has 1 aliphatic rings. The van der Waals surface area contributed by atoms with Crippen molar-refractivity contribution >= 4 is 29.9 Å². The largest absolute Gasteiger partial charge is 0.494 e. The van der Waals surface area contributed by atoms with Gasteiger partial charge in [0.1, 0.15) is 12.0 Å².